The second-order valence-corrected chi connectivity index (χ2v) is 9.39. The standard InChI is InChI=1S/C24H23N3O5S/c1-15-6-5-7-16(2)22(15)26-21(28)14-32-24(29)18-12-10-17(11-13-18)23-25-19-8-3-4-9-20(19)33(30,31)27-23/h3-13,23,25,27H,14H2,1-2H3,(H,26,28)/t23-/m0/s1. The smallest absolute Gasteiger partial charge is 0.338 e. The number of hydrogen-bond donors (Lipinski definition) is 3. The SMILES string of the molecule is Cc1cccc(C)c1NC(=O)COC(=O)c1ccc([C@H]2Nc3ccccc3S(=O)(=O)N2)cc1. The quantitative estimate of drug-likeness (QED) is 0.497. The topological polar surface area (TPSA) is 114 Å². The molecule has 1 aliphatic rings. The molecule has 3 aromatic carbocycles. The fraction of sp³-hybridized carbons (Fsp3) is 0.167. The second kappa shape index (κ2) is 9.05. The first-order valence-corrected chi connectivity index (χ1v) is 11.7. The van der Waals surface area contributed by atoms with Crippen LogP contribution >= 0.6 is 0 Å². The van der Waals surface area contributed by atoms with E-state index in [0.717, 1.165) is 11.1 Å². The Hall–Kier alpha value is -3.69. The highest BCUT2D eigenvalue weighted by Crippen LogP contribution is 2.30. The number of carbonyl (C=O) groups excluding carboxylic acids is 2. The molecule has 1 amide bonds. The molecule has 0 radical (unpaired) electrons. The van der Waals surface area contributed by atoms with E-state index in [-0.39, 0.29) is 10.5 Å². The van der Waals surface area contributed by atoms with Gasteiger partial charge in [0.25, 0.3) is 5.91 Å². The van der Waals surface area contributed by atoms with Crippen molar-refractivity contribution < 1.29 is 22.7 Å². The Morgan fingerprint density at radius 1 is 0.939 bits per heavy atom. The number of amides is 1. The van der Waals surface area contributed by atoms with Gasteiger partial charge in [0.2, 0.25) is 10.0 Å². The Morgan fingerprint density at radius 3 is 2.30 bits per heavy atom. The molecule has 0 bridgehead atoms. The molecule has 33 heavy (non-hydrogen) atoms. The van der Waals surface area contributed by atoms with Crippen LogP contribution in [0.15, 0.2) is 71.6 Å². The molecule has 1 atom stereocenters. The molecule has 170 valence electrons. The van der Waals surface area contributed by atoms with Crippen LogP contribution in [0.1, 0.15) is 33.2 Å². The summed E-state index contributed by atoms with van der Waals surface area (Å²) < 4.78 is 32.7. The lowest BCUT2D eigenvalue weighted by molar-refractivity contribution is -0.119. The molecule has 3 N–H and O–H groups in total. The van der Waals surface area contributed by atoms with Gasteiger partial charge in [0, 0.05) is 5.69 Å². The van der Waals surface area contributed by atoms with Crippen LogP contribution in [0.3, 0.4) is 0 Å². The summed E-state index contributed by atoms with van der Waals surface area (Å²) in [6.07, 6.45) is -0.682. The van der Waals surface area contributed by atoms with Gasteiger partial charge in [0.15, 0.2) is 6.61 Å². The highest BCUT2D eigenvalue weighted by Gasteiger charge is 2.29. The fourth-order valence-corrected chi connectivity index (χ4v) is 4.89. The molecule has 8 nitrogen and oxygen atoms in total. The lowest BCUT2D eigenvalue weighted by atomic mass is 10.1. The van der Waals surface area contributed by atoms with Gasteiger partial charge in [-0.25, -0.2) is 13.2 Å². The van der Waals surface area contributed by atoms with Crippen molar-refractivity contribution in [3.05, 3.63) is 89.0 Å². The van der Waals surface area contributed by atoms with Crippen LogP contribution in [-0.2, 0) is 19.6 Å². The van der Waals surface area contributed by atoms with Crippen LogP contribution < -0.4 is 15.4 Å². The summed E-state index contributed by atoms with van der Waals surface area (Å²) in [6, 6.07) is 18.6. The molecule has 1 aliphatic heterocycles. The molecule has 0 fully saturated rings. The maximum atomic E-state index is 12.5. The van der Waals surface area contributed by atoms with E-state index in [1.54, 1.807) is 30.3 Å². The minimum atomic E-state index is -3.66. The molecule has 9 heteroatoms. The number of para-hydroxylation sites is 2. The molecular weight excluding hydrogens is 442 g/mol. The van der Waals surface area contributed by atoms with Crippen LogP contribution in [0.25, 0.3) is 0 Å². The Morgan fingerprint density at radius 2 is 1.61 bits per heavy atom. The molecular formula is C24H23N3O5S. The van der Waals surface area contributed by atoms with Crippen molar-refractivity contribution in [3.8, 4) is 0 Å². The van der Waals surface area contributed by atoms with Gasteiger partial charge in [-0.3, -0.25) is 4.79 Å². The van der Waals surface area contributed by atoms with Gasteiger partial charge in [-0.2, -0.15) is 4.72 Å². The van der Waals surface area contributed by atoms with Gasteiger partial charge in [0.1, 0.15) is 11.1 Å². The summed E-state index contributed by atoms with van der Waals surface area (Å²) in [5.74, 6) is -1.09. The van der Waals surface area contributed by atoms with Gasteiger partial charge in [-0.05, 0) is 54.8 Å². The number of rotatable bonds is 5. The van der Waals surface area contributed by atoms with E-state index in [9.17, 15) is 18.0 Å². The Kier molecular flexibility index (Phi) is 6.17. The number of ether oxygens (including phenoxy) is 1. The predicted octanol–water partition coefficient (Wildman–Crippen LogP) is 3.50. The van der Waals surface area contributed by atoms with Crippen molar-refractivity contribution in [1.82, 2.24) is 4.72 Å². The third-order valence-corrected chi connectivity index (χ3v) is 6.79. The van der Waals surface area contributed by atoms with Crippen LogP contribution in [0, 0.1) is 13.8 Å². The van der Waals surface area contributed by atoms with Gasteiger partial charge >= 0.3 is 5.97 Å². The van der Waals surface area contributed by atoms with E-state index in [1.807, 2.05) is 32.0 Å². The van der Waals surface area contributed by atoms with Gasteiger partial charge in [-0.15, -0.1) is 0 Å². The van der Waals surface area contributed by atoms with Gasteiger partial charge in [0.05, 0.1) is 11.3 Å². The molecule has 3 aromatic rings. The van der Waals surface area contributed by atoms with Crippen LogP contribution in [-0.4, -0.2) is 26.9 Å². The molecule has 0 saturated heterocycles. The molecule has 0 saturated carbocycles. The summed E-state index contributed by atoms with van der Waals surface area (Å²) in [5.41, 5.74) is 3.90. The normalized spacial score (nSPS) is 16.2. The van der Waals surface area contributed by atoms with Crippen LogP contribution in [0.4, 0.5) is 11.4 Å². The minimum Gasteiger partial charge on any atom is -0.452 e. The van der Waals surface area contributed by atoms with Crippen molar-refractivity contribution in [2.45, 2.75) is 24.9 Å². The summed E-state index contributed by atoms with van der Waals surface area (Å²) in [4.78, 5) is 24.8. The first kappa shape index (κ1) is 22.5. The number of nitrogens with one attached hydrogen (secondary N) is 3. The Labute approximate surface area is 192 Å². The van der Waals surface area contributed by atoms with Crippen molar-refractivity contribution in [1.29, 1.82) is 0 Å². The number of sulfonamides is 1. The number of aryl methyl sites for hydroxylation is 2. The second-order valence-electron chi connectivity index (χ2n) is 7.71. The highest BCUT2D eigenvalue weighted by molar-refractivity contribution is 7.89. The monoisotopic (exact) mass is 465 g/mol. The summed E-state index contributed by atoms with van der Waals surface area (Å²) in [7, 11) is -3.66. The summed E-state index contributed by atoms with van der Waals surface area (Å²) in [6.45, 7) is 3.35. The molecule has 4 rings (SSSR count). The van der Waals surface area contributed by atoms with Gasteiger partial charge < -0.3 is 15.4 Å². The highest BCUT2D eigenvalue weighted by atomic mass is 32.2. The summed E-state index contributed by atoms with van der Waals surface area (Å²) in [5, 5.41) is 5.89. The van der Waals surface area contributed by atoms with Crippen molar-refractivity contribution in [2.75, 3.05) is 17.2 Å². The molecule has 0 unspecified atom stereocenters. The molecule has 0 aromatic heterocycles. The zero-order valence-corrected chi connectivity index (χ0v) is 18.9. The third-order valence-electron chi connectivity index (χ3n) is 5.31. The largest absolute Gasteiger partial charge is 0.452 e. The van der Waals surface area contributed by atoms with Crippen molar-refractivity contribution in [3.63, 3.8) is 0 Å². The number of benzene rings is 3. The zero-order valence-electron chi connectivity index (χ0n) is 18.1. The number of esters is 1. The van der Waals surface area contributed by atoms with E-state index in [4.69, 9.17) is 4.74 Å². The first-order valence-electron chi connectivity index (χ1n) is 10.3. The van der Waals surface area contributed by atoms with Crippen molar-refractivity contribution in [2.24, 2.45) is 0 Å². The van der Waals surface area contributed by atoms with E-state index in [1.165, 1.54) is 18.2 Å². The average Bonchev–Trinajstić information content (AvgIpc) is 2.79. The number of hydrogen-bond acceptors (Lipinski definition) is 6. The van der Waals surface area contributed by atoms with Gasteiger partial charge in [-0.1, -0.05) is 42.5 Å². The number of carbonyl (C=O) groups is 2. The van der Waals surface area contributed by atoms with E-state index in [0.29, 0.717) is 16.9 Å². The molecule has 0 spiro atoms. The van der Waals surface area contributed by atoms with Crippen LogP contribution in [0.2, 0.25) is 0 Å². The predicted molar refractivity (Wildman–Crippen MR) is 124 cm³/mol. The lowest BCUT2D eigenvalue weighted by Crippen LogP contribution is -2.38. The maximum absolute atomic E-state index is 12.5. The minimum absolute atomic E-state index is 0.181. The third kappa shape index (κ3) is 4.89. The van der Waals surface area contributed by atoms with E-state index >= 15 is 0 Å². The lowest BCUT2D eigenvalue weighted by Gasteiger charge is -2.28. The van der Waals surface area contributed by atoms with E-state index in [2.05, 4.69) is 15.4 Å². The number of fused-ring (bicyclic) bond motifs is 1. The average molecular weight is 466 g/mol. The molecule has 1 heterocycles. The first-order chi connectivity index (χ1) is 15.7. The van der Waals surface area contributed by atoms with Crippen LogP contribution in [0.5, 0.6) is 0 Å². The zero-order chi connectivity index (χ0) is 23.6. The number of anilines is 2. The molecule has 0 aliphatic carbocycles. The Bertz CT molecular complexity index is 1300. The maximum Gasteiger partial charge on any atom is 0.338 e. The summed E-state index contributed by atoms with van der Waals surface area (Å²) >= 11 is 0. The fourth-order valence-electron chi connectivity index (χ4n) is 3.59. The van der Waals surface area contributed by atoms with E-state index < -0.39 is 34.7 Å². The Balaban J connectivity index is 1.38. The van der Waals surface area contributed by atoms with Crippen molar-refractivity contribution >= 4 is 33.3 Å².